The number of thiophene rings is 1. The van der Waals surface area contributed by atoms with Crippen molar-refractivity contribution in [3.8, 4) is 0 Å². The molecule has 0 fully saturated rings. The molecule has 0 aliphatic heterocycles. The van der Waals surface area contributed by atoms with Crippen LogP contribution in [0.3, 0.4) is 0 Å². The lowest BCUT2D eigenvalue weighted by atomic mass is 10.4. The Morgan fingerprint density at radius 1 is 1.41 bits per heavy atom. The number of hydrogen-bond acceptors (Lipinski definition) is 4. The molecule has 0 spiro atoms. The van der Waals surface area contributed by atoms with Crippen LogP contribution < -0.4 is 5.56 Å². The van der Waals surface area contributed by atoms with Crippen molar-refractivity contribution in [1.82, 2.24) is 9.55 Å². The first kappa shape index (κ1) is 10.3. The third-order valence-electron chi connectivity index (χ3n) is 2.56. The summed E-state index contributed by atoms with van der Waals surface area (Å²) in [6.07, 6.45) is 1.56. The van der Waals surface area contributed by atoms with Crippen molar-refractivity contribution in [2.45, 2.75) is 13.5 Å². The first-order valence-corrected chi connectivity index (χ1v) is 6.10. The number of nitrogens with zero attached hydrogens (tertiary/aromatic N) is 2. The monoisotopic (exact) mass is 246 g/mol. The van der Waals surface area contributed by atoms with Gasteiger partial charge in [0.05, 0.1) is 18.4 Å². The molecular weight excluding hydrogens is 236 g/mol. The van der Waals surface area contributed by atoms with E-state index in [9.17, 15) is 4.79 Å². The Labute approximate surface area is 101 Å². The lowest BCUT2D eigenvalue weighted by molar-refractivity contribution is 0.466. The Morgan fingerprint density at radius 3 is 3.06 bits per heavy atom. The predicted molar refractivity (Wildman–Crippen MR) is 66.4 cm³/mol. The maximum absolute atomic E-state index is 12.1. The molecule has 0 aliphatic rings. The summed E-state index contributed by atoms with van der Waals surface area (Å²) >= 11 is 1.42. The van der Waals surface area contributed by atoms with Crippen LogP contribution in [-0.4, -0.2) is 9.55 Å². The first-order chi connectivity index (χ1) is 8.24. The molecule has 0 aliphatic carbocycles. The molecule has 0 N–H and O–H groups in total. The van der Waals surface area contributed by atoms with E-state index >= 15 is 0 Å². The topological polar surface area (TPSA) is 48.0 Å². The maximum Gasteiger partial charge on any atom is 0.271 e. The average Bonchev–Trinajstić information content (AvgIpc) is 2.92. The number of hydrogen-bond donors (Lipinski definition) is 0. The van der Waals surface area contributed by atoms with Gasteiger partial charge in [0.1, 0.15) is 16.2 Å². The summed E-state index contributed by atoms with van der Waals surface area (Å²) in [5.74, 6) is 1.61. The molecule has 86 valence electrons. The molecule has 3 aromatic rings. The fourth-order valence-electron chi connectivity index (χ4n) is 1.73. The Hall–Kier alpha value is -1.88. The lowest BCUT2D eigenvalue weighted by Gasteiger charge is -2.02. The smallest absolute Gasteiger partial charge is 0.271 e. The van der Waals surface area contributed by atoms with Gasteiger partial charge in [0.2, 0.25) is 0 Å². The fraction of sp³-hybridized carbons (Fsp3) is 0.167. The van der Waals surface area contributed by atoms with E-state index in [4.69, 9.17) is 4.42 Å². The number of aryl methyl sites for hydroxylation is 1. The van der Waals surface area contributed by atoms with Crippen LogP contribution in [0, 0.1) is 6.92 Å². The lowest BCUT2D eigenvalue weighted by Crippen LogP contribution is -2.19. The first-order valence-electron chi connectivity index (χ1n) is 5.22. The van der Waals surface area contributed by atoms with E-state index in [2.05, 4.69) is 4.98 Å². The van der Waals surface area contributed by atoms with Gasteiger partial charge in [-0.2, -0.15) is 0 Å². The van der Waals surface area contributed by atoms with Crippen LogP contribution in [0.2, 0.25) is 0 Å². The summed E-state index contributed by atoms with van der Waals surface area (Å²) in [5, 5.41) is 1.88. The van der Waals surface area contributed by atoms with Crippen molar-refractivity contribution in [3.05, 3.63) is 51.8 Å². The van der Waals surface area contributed by atoms with Gasteiger partial charge < -0.3 is 4.42 Å². The van der Waals surface area contributed by atoms with Gasteiger partial charge in [-0.3, -0.25) is 9.36 Å². The minimum atomic E-state index is -0.0148. The quantitative estimate of drug-likeness (QED) is 0.697. The zero-order valence-corrected chi connectivity index (χ0v) is 10.0. The van der Waals surface area contributed by atoms with Crippen molar-refractivity contribution in [3.63, 3.8) is 0 Å². The molecule has 4 nitrogen and oxygen atoms in total. The normalized spacial score (nSPS) is 11.1. The van der Waals surface area contributed by atoms with Gasteiger partial charge in [0.25, 0.3) is 5.56 Å². The number of rotatable bonds is 2. The van der Waals surface area contributed by atoms with Crippen LogP contribution in [0.4, 0.5) is 0 Å². The van der Waals surface area contributed by atoms with Crippen LogP contribution in [0.15, 0.2) is 39.1 Å². The zero-order chi connectivity index (χ0) is 11.8. The molecule has 0 bridgehead atoms. The molecule has 0 amide bonds. The molecule has 3 rings (SSSR count). The molecule has 0 saturated carbocycles. The largest absolute Gasteiger partial charge is 0.464 e. The summed E-state index contributed by atoms with van der Waals surface area (Å²) in [7, 11) is 0. The van der Waals surface area contributed by atoms with Gasteiger partial charge in [0.15, 0.2) is 0 Å². The van der Waals surface area contributed by atoms with Gasteiger partial charge in [-0.05, 0) is 30.5 Å². The number of furan rings is 1. The molecule has 0 atom stereocenters. The van der Waals surface area contributed by atoms with E-state index in [1.54, 1.807) is 10.9 Å². The van der Waals surface area contributed by atoms with Crippen molar-refractivity contribution in [2.24, 2.45) is 0 Å². The highest BCUT2D eigenvalue weighted by atomic mass is 32.1. The Balaban J connectivity index is 2.06. The maximum atomic E-state index is 12.1. The predicted octanol–water partition coefficient (Wildman–Crippen LogP) is 2.41. The summed E-state index contributed by atoms with van der Waals surface area (Å²) < 4.78 is 7.71. The molecule has 0 saturated heterocycles. The zero-order valence-electron chi connectivity index (χ0n) is 9.21. The molecule has 0 radical (unpaired) electrons. The third-order valence-corrected chi connectivity index (χ3v) is 3.45. The van der Waals surface area contributed by atoms with Gasteiger partial charge in [-0.15, -0.1) is 11.3 Å². The molecule has 3 aromatic heterocycles. The molecule has 17 heavy (non-hydrogen) atoms. The summed E-state index contributed by atoms with van der Waals surface area (Å²) in [5.41, 5.74) is 0.742. The minimum absolute atomic E-state index is 0.0148. The van der Waals surface area contributed by atoms with Crippen molar-refractivity contribution in [2.75, 3.05) is 0 Å². The van der Waals surface area contributed by atoms with E-state index in [-0.39, 0.29) is 5.56 Å². The summed E-state index contributed by atoms with van der Waals surface area (Å²) in [6, 6.07) is 5.61. The van der Waals surface area contributed by atoms with Crippen molar-refractivity contribution >= 4 is 21.6 Å². The van der Waals surface area contributed by atoms with E-state index in [1.807, 2.05) is 30.5 Å². The minimum Gasteiger partial charge on any atom is -0.464 e. The second-order valence-corrected chi connectivity index (χ2v) is 4.74. The van der Waals surface area contributed by atoms with Gasteiger partial charge in [-0.1, -0.05) is 0 Å². The summed E-state index contributed by atoms with van der Waals surface area (Å²) in [4.78, 5) is 16.3. The molecular formula is C12H10N2O2S. The highest BCUT2D eigenvalue weighted by Crippen LogP contribution is 2.14. The van der Waals surface area contributed by atoms with Crippen LogP contribution in [0.1, 0.15) is 11.5 Å². The third kappa shape index (κ3) is 1.78. The highest BCUT2D eigenvalue weighted by Gasteiger charge is 2.07. The molecule has 0 aromatic carbocycles. The Bertz CT molecular complexity index is 723. The van der Waals surface area contributed by atoms with Crippen LogP contribution in [0.25, 0.3) is 10.2 Å². The Morgan fingerprint density at radius 2 is 2.29 bits per heavy atom. The van der Waals surface area contributed by atoms with Crippen LogP contribution in [0.5, 0.6) is 0 Å². The van der Waals surface area contributed by atoms with E-state index in [0.29, 0.717) is 11.2 Å². The van der Waals surface area contributed by atoms with E-state index in [1.165, 1.54) is 11.3 Å². The Kier molecular flexibility index (Phi) is 2.33. The number of fused-ring (bicyclic) bond motifs is 1. The van der Waals surface area contributed by atoms with Crippen molar-refractivity contribution in [1.29, 1.82) is 0 Å². The van der Waals surface area contributed by atoms with Gasteiger partial charge >= 0.3 is 0 Å². The van der Waals surface area contributed by atoms with Crippen LogP contribution in [-0.2, 0) is 6.54 Å². The number of aromatic nitrogens is 2. The summed E-state index contributed by atoms with van der Waals surface area (Å²) in [6.45, 7) is 2.31. The van der Waals surface area contributed by atoms with Gasteiger partial charge in [-0.25, -0.2) is 4.98 Å². The van der Waals surface area contributed by atoms with E-state index < -0.39 is 0 Å². The van der Waals surface area contributed by atoms with Crippen LogP contribution >= 0.6 is 11.3 Å². The standard InChI is InChI=1S/C12H10N2O2S/c1-8-2-3-9(16-8)6-14-7-13-10-4-5-17-11(10)12(14)15/h2-5,7H,6H2,1H3. The molecule has 3 heterocycles. The highest BCUT2D eigenvalue weighted by molar-refractivity contribution is 7.17. The van der Waals surface area contributed by atoms with E-state index in [0.717, 1.165) is 17.0 Å². The fourth-order valence-corrected chi connectivity index (χ4v) is 2.52. The van der Waals surface area contributed by atoms with Gasteiger partial charge in [0, 0.05) is 0 Å². The average molecular weight is 246 g/mol. The second-order valence-electron chi connectivity index (χ2n) is 3.82. The van der Waals surface area contributed by atoms with Crippen molar-refractivity contribution < 1.29 is 4.42 Å². The SMILES string of the molecule is Cc1ccc(Cn2cnc3ccsc3c2=O)o1. The second kappa shape index (κ2) is 3.85. The molecule has 0 unspecified atom stereocenters. The molecule has 5 heteroatoms.